The third-order valence-electron chi connectivity index (χ3n) is 6.93. The van der Waals surface area contributed by atoms with Crippen LogP contribution in [0.5, 0.6) is 0 Å². The number of hydrogen-bond donors (Lipinski definition) is 2. The molecule has 0 aliphatic carbocycles. The minimum Gasteiger partial charge on any atom is -0.383 e. The monoisotopic (exact) mass is 515 g/mol. The van der Waals surface area contributed by atoms with Crippen molar-refractivity contribution >= 4 is 11.8 Å². The van der Waals surface area contributed by atoms with Crippen LogP contribution in [0.25, 0.3) is 0 Å². The number of methoxy groups -OCH3 is 1. The zero-order chi connectivity index (χ0) is 26.7. The molecule has 0 saturated carbocycles. The first kappa shape index (κ1) is 27.4. The highest BCUT2D eigenvalue weighted by molar-refractivity contribution is 5.94. The smallest absolute Gasteiger partial charge is 0.255 e. The molecule has 1 fully saturated rings. The van der Waals surface area contributed by atoms with Crippen LogP contribution in [0.1, 0.15) is 39.5 Å². The van der Waals surface area contributed by atoms with Crippen molar-refractivity contribution < 1.29 is 14.3 Å². The molecule has 3 aromatic rings. The van der Waals surface area contributed by atoms with E-state index in [1.807, 2.05) is 47.4 Å². The van der Waals surface area contributed by atoms with Gasteiger partial charge < -0.3 is 20.3 Å². The van der Waals surface area contributed by atoms with Crippen molar-refractivity contribution in [2.45, 2.75) is 25.0 Å². The van der Waals surface area contributed by atoms with E-state index in [0.29, 0.717) is 44.8 Å². The zero-order valence-electron chi connectivity index (χ0n) is 22.2. The number of rotatable bonds is 11. The highest BCUT2D eigenvalue weighted by atomic mass is 16.5. The average molecular weight is 516 g/mol. The summed E-state index contributed by atoms with van der Waals surface area (Å²) in [5, 5.41) is 6.06. The number of carbonyl (C=O) groups is 2. The van der Waals surface area contributed by atoms with Gasteiger partial charge in [0.25, 0.3) is 5.91 Å². The van der Waals surface area contributed by atoms with Crippen LogP contribution in [0, 0.1) is 0 Å². The molecular weight excluding hydrogens is 478 g/mol. The molecule has 1 aliphatic heterocycles. The van der Waals surface area contributed by atoms with E-state index >= 15 is 0 Å². The van der Waals surface area contributed by atoms with Crippen molar-refractivity contribution in [1.82, 2.24) is 25.4 Å². The number of ether oxygens (including phenoxy) is 1. The fourth-order valence-electron chi connectivity index (χ4n) is 5.03. The maximum Gasteiger partial charge on any atom is 0.255 e. The number of benzene rings is 2. The van der Waals surface area contributed by atoms with E-state index in [1.54, 1.807) is 26.6 Å². The number of nitrogens with zero attached hydrogens (tertiary/aromatic N) is 3. The molecule has 2 aromatic carbocycles. The molecule has 1 saturated heterocycles. The van der Waals surface area contributed by atoms with Crippen LogP contribution in [0.3, 0.4) is 0 Å². The van der Waals surface area contributed by atoms with Crippen LogP contribution in [0.2, 0.25) is 0 Å². The average Bonchev–Trinajstić information content (AvgIpc) is 2.97. The first-order valence-electron chi connectivity index (χ1n) is 13.1. The Morgan fingerprint density at radius 3 is 2.34 bits per heavy atom. The molecule has 4 rings (SSSR count). The number of carbonyl (C=O) groups excluding carboxylic acids is 2. The van der Waals surface area contributed by atoms with Gasteiger partial charge in [-0.3, -0.25) is 19.5 Å². The molecule has 38 heavy (non-hydrogen) atoms. The molecule has 2 N–H and O–H groups in total. The SMILES string of the molecule is CNC(=O)CC1CN(C(=O)c2cncc(CNCCOC)c2)CCN1C(c1ccccc1)c1ccccc1. The maximum absolute atomic E-state index is 13.6. The van der Waals surface area contributed by atoms with Gasteiger partial charge in [-0.05, 0) is 22.8 Å². The van der Waals surface area contributed by atoms with E-state index in [1.165, 1.54) is 11.1 Å². The fourth-order valence-corrected chi connectivity index (χ4v) is 5.03. The fraction of sp³-hybridized carbons (Fsp3) is 0.367. The van der Waals surface area contributed by atoms with Gasteiger partial charge in [0, 0.05) is 71.7 Å². The second-order valence-electron chi connectivity index (χ2n) is 9.50. The third-order valence-corrected chi connectivity index (χ3v) is 6.93. The highest BCUT2D eigenvalue weighted by Crippen LogP contribution is 2.33. The summed E-state index contributed by atoms with van der Waals surface area (Å²) in [5.74, 6) is -0.103. The molecular formula is C30H37N5O3. The Morgan fingerprint density at radius 1 is 1.03 bits per heavy atom. The lowest BCUT2D eigenvalue weighted by atomic mass is 9.93. The van der Waals surface area contributed by atoms with E-state index in [9.17, 15) is 9.59 Å². The van der Waals surface area contributed by atoms with Crippen molar-refractivity contribution in [1.29, 1.82) is 0 Å². The molecule has 8 heteroatoms. The largest absolute Gasteiger partial charge is 0.383 e. The van der Waals surface area contributed by atoms with Gasteiger partial charge in [-0.25, -0.2) is 0 Å². The molecule has 1 aliphatic rings. The Hall–Kier alpha value is -3.59. The van der Waals surface area contributed by atoms with Gasteiger partial charge in [0.15, 0.2) is 0 Å². The lowest BCUT2D eigenvalue weighted by Crippen LogP contribution is -2.56. The number of piperazine rings is 1. The van der Waals surface area contributed by atoms with E-state index in [2.05, 4.69) is 44.8 Å². The Kier molecular flexibility index (Phi) is 9.97. The van der Waals surface area contributed by atoms with Gasteiger partial charge in [0.2, 0.25) is 5.91 Å². The molecule has 1 aromatic heterocycles. The predicted octanol–water partition coefficient (Wildman–Crippen LogP) is 2.87. The molecule has 2 amide bonds. The van der Waals surface area contributed by atoms with Crippen LogP contribution in [-0.4, -0.2) is 79.6 Å². The maximum atomic E-state index is 13.6. The Balaban J connectivity index is 1.56. The molecule has 2 heterocycles. The summed E-state index contributed by atoms with van der Waals surface area (Å²) in [6.45, 7) is 3.63. The Bertz CT molecular complexity index is 1140. The summed E-state index contributed by atoms with van der Waals surface area (Å²) < 4.78 is 5.08. The summed E-state index contributed by atoms with van der Waals surface area (Å²) in [4.78, 5) is 34.7. The summed E-state index contributed by atoms with van der Waals surface area (Å²) in [6.07, 6.45) is 3.70. The predicted molar refractivity (Wildman–Crippen MR) is 148 cm³/mol. The summed E-state index contributed by atoms with van der Waals surface area (Å²) in [7, 11) is 3.32. The van der Waals surface area contributed by atoms with E-state index in [-0.39, 0.29) is 23.9 Å². The molecule has 1 unspecified atom stereocenters. The van der Waals surface area contributed by atoms with Crippen LogP contribution in [0.15, 0.2) is 79.1 Å². The third kappa shape index (κ3) is 7.04. The summed E-state index contributed by atoms with van der Waals surface area (Å²) >= 11 is 0. The molecule has 200 valence electrons. The number of nitrogens with one attached hydrogen (secondary N) is 2. The van der Waals surface area contributed by atoms with Crippen molar-refractivity contribution in [2.24, 2.45) is 0 Å². The second kappa shape index (κ2) is 13.8. The molecule has 0 bridgehead atoms. The van der Waals surface area contributed by atoms with Gasteiger partial charge in [-0.15, -0.1) is 0 Å². The van der Waals surface area contributed by atoms with Crippen molar-refractivity contribution in [3.63, 3.8) is 0 Å². The summed E-state index contributed by atoms with van der Waals surface area (Å²) in [6, 6.07) is 22.4. The van der Waals surface area contributed by atoms with Crippen molar-refractivity contribution in [3.05, 3.63) is 101 Å². The van der Waals surface area contributed by atoms with Gasteiger partial charge in [0.1, 0.15) is 0 Å². The first-order valence-corrected chi connectivity index (χ1v) is 13.1. The second-order valence-corrected chi connectivity index (χ2v) is 9.50. The molecule has 0 spiro atoms. The topological polar surface area (TPSA) is 86.8 Å². The Morgan fingerprint density at radius 2 is 1.71 bits per heavy atom. The van der Waals surface area contributed by atoms with E-state index in [4.69, 9.17) is 4.74 Å². The molecule has 8 nitrogen and oxygen atoms in total. The van der Waals surface area contributed by atoms with Crippen LogP contribution >= 0.6 is 0 Å². The first-order chi connectivity index (χ1) is 18.6. The normalized spacial score (nSPS) is 16.0. The quantitative estimate of drug-likeness (QED) is 0.382. The van der Waals surface area contributed by atoms with Crippen molar-refractivity contribution in [3.8, 4) is 0 Å². The van der Waals surface area contributed by atoms with Gasteiger partial charge in [-0.1, -0.05) is 60.7 Å². The number of amides is 2. The van der Waals surface area contributed by atoms with E-state index in [0.717, 1.165) is 12.1 Å². The molecule has 1 atom stereocenters. The van der Waals surface area contributed by atoms with Crippen LogP contribution in [-0.2, 0) is 16.1 Å². The standard InChI is InChI=1S/C30H37N5O3/c1-31-28(36)18-27-22-34(30(37)26-17-23(20-33-21-26)19-32-13-16-38-2)14-15-35(27)29(24-9-5-3-6-10-24)25-11-7-4-8-12-25/h3-12,17,20-21,27,29,32H,13-16,18-19,22H2,1-2H3,(H,31,36). The molecule has 0 radical (unpaired) electrons. The highest BCUT2D eigenvalue weighted by Gasteiger charge is 2.36. The van der Waals surface area contributed by atoms with Gasteiger partial charge >= 0.3 is 0 Å². The summed E-state index contributed by atoms with van der Waals surface area (Å²) in [5.41, 5.74) is 3.84. The zero-order valence-corrected chi connectivity index (χ0v) is 22.2. The van der Waals surface area contributed by atoms with E-state index < -0.39 is 0 Å². The number of aromatic nitrogens is 1. The lowest BCUT2D eigenvalue weighted by Gasteiger charge is -2.45. The lowest BCUT2D eigenvalue weighted by molar-refractivity contribution is -0.122. The van der Waals surface area contributed by atoms with Crippen LogP contribution in [0.4, 0.5) is 0 Å². The van der Waals surface area contributed by atoms with Crippen molar-refractivity contribution in [2.75, 3.05) is 46.9 Å². The minimum atomic E-state index is -0.148. The van der Waals surface area contributed by atoms with Gasteiger partial charge in [-0.2, -0.15) is 0 Å². The number of hydrogen-bond acceptors (Lipinski definition) is 6. The Labute approximate surface area is 225 Å². The number of pyridine rings is 1. The van der Waals surface area contributed by atoms with Gasteiger partial charge in [0.05, 0.1) is 18.2 Å². The minimum absolute atomic E-state index is 0.0209. The van der Waals surface area contributed by atoms with Crippen LogP contribution < -0.4 is 10.6 Å².